The van der Waals surface area contributed by atoms with Gasteiger partial charge in [-0.2, -0.15) is 0 Å². The number of hydrogen-bond donors (Lipinski definition) is 2. The van der Waals surface area contributed by atoms with Gasteiger partial charge in [0.2, 0.25) is 0 Å². The van der Waals surface area contributed by atoms with E-state index in [4.69, 9.17) is 33.7 Å². The molecule has 0 spiro atoms. The highest BCUT2D eigenvalue weighted by Gasteiger charge is 2.26. The first-order chi connectivity index (χ1) is 14.8. The van der Waals surface area contributed by atoms with Gasteiger partial charge in [0.15, 0.2) is 5.69 Å². The molecule has 0 fully saturated rings. The van der Waals surface area contributed by atoms with Gasteiger partial charge < -0.3 is 10.5 Å². The van der Waals surface area contributed by atoms with E-state index in [2.05, 4.69) is 9.97 Å². The number of aromatic amines is 1. The number of H-pyrrole nitrogens is 1. The first-order valence-corrected chi connectivity index (χ1v) is 9.87. The third kappa shape index (κ3) is 4.96. The fourth-order valence-corrected chi connectivity index (χ4v) is 3.22. The summed E-state index contributed by atoms with van der Waals surface area (Å²) in [4.78, 5) is 45.7. The lowest BCUT2D eigenvalue weighted by atomic mass is 10.1. The van der Waals surface area contributed by atoms with Gasteiger partial charge in [-0.1, -0.05) is 53.5 Å². The number of ether oxygens (including phenoxy) is 1. The second-order valence-corrected chi connectivity index (χ2v) is 7.28. The summed E-state index contributed by atoms with van der Waals surface area (Å²) >= 11 is 11.9. The normalized spacial score (nSPS) is 10.8. The number of aromatic nitrogens is 3. The van der Waals surface area contributed by atoms with E-state index in [9.17, 15) is 14.4 Å². The average molecular weight is 464 g/mol. The number of rotatable bonds is 7. The molecule has 9 nitrogen and oxygen atoms in total. The molecular weight excluding hydrogens is 445 g/mol. The number of nitrogens with one attached hydrogen (secondary N) is 1. The third-order valence-electron chi connectivity index (χ3n) is 4.47. The van der Waals surface area contributed by atoms with Crippen LogP contribution in [0.25, 0.3) is 0 Å². The molecule has 0 aliphatic heterocycles. The van der Waals surface area contributed by atoms with Crippen molar-refractivity contribution in [2.75, 3.05) is 24.4 Å². The molecule has 0 unspecified atom stereocenters. The van der Waals surface area contributed by atoms with Gasteiger partial charge in [-0.25, -0.2) is 9.78 Å². The summed E-state index contributed by atoms with van der Waals surface area (Å²) in [5.41, 5.74) is 5.34. The maximum absolute atomic E-state index is 13.4. The van der Waals surface area contributed by atoms with E-state index < -0.39 is 17.2 Å². The van der Waals surface area contributed by atoms with Crippen molar-refractivity contribution in [3.63, 3.8) is 0 Å². The molecule has 0 bridgehead atoms. The van der Waals surface area contributed by atoms with Crippen molar-refractivity contribution in [1.29, 1.82) is 0 Å². The van der Waals surface area contributed by atoms with E-state index >= 15 is 0 Å². The van der Waals surface area contributed by atoms with E-state index in [-0.39, 0.29) is 46.9 Å². The molecular formula is C20H19Cl2N5O4. The summed E-state index contributed by atoms with van der Waals surface area (Å²) in [6.45, 7) is 0.279. The molecule has 0 saturated heterocycles. The van der Waals surface area contributed by atoms with Crippen LogP contribution in [0.15, 0.2) is 52.2 Å². The zero-order valence-electron chi connectivity index (χ0n) is 16.5. The minimum Gasteiger partial charge on any atom is -0.383 e. The van der Waals surface area contributed by atoms with Gasteiger partial charge in [-0.15, -0.1) is 0 Å². The molecule has 1 aromatic carbocycles. The van der Waals surface area contributed by atoms with Crippen LogP contribution >= 0.6 is 23.2 Å². The van der Waals surface area contributed by atoms with E-state index in [0.29, 0.717) is 0 Å². The maximum Gasteiger partial charge on any atom is 0.330 e. The smallest absolute Gasteiger partial charge is 0.330 e. The van der Waals surface area contributed by atoms with Gasteiger partial charge in [-0.3, -0.25) is 24.0 Å². The Labute approximate surface area is 187 Å². The summed E-state index contributed by atoms with van der Waals surface area (Å²) in [6, 6.07) is 10.3. The third-order valence-corrected chi connectivity index (χ3v) is 5.16. The summed E-state index contributed by atoms with van der Waals surface area (Å²) in [5.74, 6) is -0.757. The van der Waals surface area contributed by atoms with Crippen molar-refractivity contribution in [3.05, 3.63) is 84.7 Å². The van der Waals surface area contributed by atoms with Crippen molar-refractivity contribution in [2.24, 2.45) is 0 Å². The molecule has 31 heavy (non-hydrogen) atoms. The second kappa shape index (κ2) is 9.78. The fraction of sp³-hybridized carbons (Fsp3) is 0.200. The van der Waals surface area contributed by atoms with E-state index in [1.54, 1.807) is 24.3 Å². The van der Waals surface area contributed by atoms with Crippen molar-refractivity contribution in [1.82, 2.24) is 14.5 Å². The molecule has 2 heterocycles. The molecule has 0 aliphatic carbocycles. The van der Waals surface area contributed by atoms with Crippen LogP contribution in [-0.4, -0.2) is 34.2 Å². The van der Waals surface area contributed by atoms with Crippen LogP contribution in [0.1, 0.15) is 15.9 Å². The monoisotopic (exact) mass is 463 g/mol. The minimum absolute atomic E-state index is 0.00960. The Kier molecular flexibility index (Phi) is 7.11. The maximum atomic E-state index is 13.4. The number of halogens is 2. The molecule has 3 rings (SSSR count). The van der Waals surface area contributed by atoms with E-state index in [1.165, 1.54) is 24.3 Å². The number of hydrogen-bond acceptors (Lipinski definition) is 6. The van der Waals surface area contributed by atoms with Gasteiger partial charge in [0.25, 0.3) is 11.5 Å². The number of nitrogens with two attached hydrogens (primary N) is 1. The van der Waals surface area contributed by atoms with Crippen LogP contribution in [0.5, 0.6) is 0 Å². The van der Waals surface area contributed by atoms with Gasteiger partial charge in [0.05, 0.1) is 30.3 Å². The Morgan fingerprint density at radius 3 is 2.61 bits per heavy atom. The second-order valence-electron chi connectivity index (χ2n) is 6.51. The van der Waals surface area contributed by atoms with Gasteiger partial charge in [0.1, 0.15) is 11.0 Å². The van der Waals surface area contributed by atoms with Crippen LogP contribution < -0.4 is 21.9 Å². The highest BCUT2D eigenvalue weighted by Crippen LogP contribution is 2.25. The zero-order valence-corrected chi connectivity index (χ0v) is 18.0. The molecule has 162 valence electrons. The molecule has 0 atom stereocenters. The molecule has 0 saturated carbocycles. The van der Waals surface area contributed by atoms with E-state index in [1.807, 2.05) is 6.07 Å². The highest BCUT2D eigenvalue weighted by molar-refractivity contribution is 6.41. The summed E-state index contributed by atoms with van der Waals surface area (Å²) < 4.78 is 6.14. The molecule has 3 aromatic rings. The van der Waals surface area contributed by atoms with Crippen molar-refractivity contribution in [2.45, 2.75) is 13.1 Å². The Morgan fingerprint density at radius 1 is 1.26 bits per heavy atom. The Morgan fingerprint density at radius 2 is 1.97 bits per heavy atom. The SMILES string of the molecule is COCCn1c(N)c(N(Cc2ccccc2)C(=O)c2cnc(Cl)c(Cl)c2)c(=O)[nH]c1=O. The molecule has 0 radical (unpaired) electrons. The molecule has 2 aromatic heterocycles. The van der Waals surface area contributed by atoms with Crippen molar-refractivity contribution < 1.29 is 9.53 Å². The number of pyridine rings is 1. The zero-order chi connectivity index (χ0) is 22.5. The number of anilines is 2. The number of methoxy groups -OCH3 is 1. The molecule has 11 heteroatoms. The largest absolute Gasteiger partial charge is 0.383 e. The quantitative estimate of drug-likeness (QED) is 0.518. The van der Waals surface area contributed by atoms with Gasteiger partial charge in [0, 0.05) is 13.3 Å². The lowest BCUT2D eigenvalue weighted by molar-refractivity contribution is 0.0984. The number of amides is 1. The number of carbonyl (C=O) groups excluding carboxylic acids is 1. The number of carbonyl (C=O) groups is 1. The topological polar surface area (TPSA) is 123 Å². The number of nitrogen functional groups attached to an aromatic ring is 1. The summed E-state index contributed by atoms with van der Waals surface area (Å²) in [5, 5.41) is 0.123. The molecule has 0 aliphatic rings. The van der Waals surface area contributed by atoms with Gasteiger partial charge in [-0.05, 0) is 11.6 Å². The predicted octanol–water partition coefficient (Wildman–Crippen LogP) is 2.31. The highest BCUT2D eigenvalue weighted by atomic mass is 35.5. The first-order valence-electron chi connectivity index (χ1n) is 9.11. The Hall–Kier alpha value is -3.14. The summed E-state index contributed by atoms with van der Waals surface area (Å²) in [7, 11) is 1.47. The first kappa shape index (κ1) is 22.5. The number of benzene rings is 1. The standard InChI is InChI=1S/C20H19Cl2N5O4/c1-31-8-7-26-17(23)15(18(28)25-20(26)30)27(11-12-5-3-2-4-6-12)19(29)13-9-14(21)16(22)24-10-13/h2-6,9-10H,7-8,11,23H2,1H3,(H,25,28,30). The van der Waals surface area contributed by atoms with Gasteiger partial charge >= 0.3 is 5.69 Å². The van der Waals surface area contributed by atoms with Crippen LogP contribution in [-0.2, 0) is 17.8 Å². The minimum atomic E-state index is -0.798. The van der Waals surface area contributed by atoms with E-state index in [0.717, 1.165) is 10.1 Å². The Bertz CT molecular complexity index is 1210. The van der Waals surface area contributed by atoms with Crippen molar-refractivity contribution in [3.8, 4) is 0 Å². The van der Waals surface area contributed by atoms with Crippen LogP contribution in [0.4, 0.5) is 11.5 Å². The average Bonchev–Trinajstić information content (AvgIpc) is 2.75. The Balaban J connectivity index is 2.16. The van der Waals surface area contributed by atoms with Crippen molar-refractivity contribution >= 4 is 40.6 Å². The number of nitrogens with zero attached hydrogens (tertiary/aromatic N) is 3. The lowest BCUT2D eigenvalue weighted by Crippen LogP contribution is -2.41. The predicted molar refractivity (Wildman–Crippen MR) is 119 cm³/mol. The van der Waals surface area contributed by atoms with Crippen LogP contribution in [0, 0.1) is 0 Å². The summed E-state index contributed by atoms with van der Waals surface area (Å²) in [6.07, 6.45) is 1.25. The fourth-order valence-electron chi connectivity index (χ4n) is 2.96. The molecule has 1 amide bonds. The van der Waals surface area contributed by atoms with Crippen LogP contribution in [0.3, 0.4) is 0 Å². The lowest BCUT2D eigenvalue weighted by Gasteiger charge is -2.25. The van der Waals surface area contributed by atoms with Crippen LogP contribution in [0.2, 0.25) is 10.2 Å². The molecule has 3 N–H and O–H groups in total.